The van der Waals surface area contributed by atoms with E-state index < -0.39 is 0 Å². The van der Waals surface area contributed by atoms with E-state index in [9.17, 15) is 9.18 Å². The van der Waals surface area contributed by atoms with Crippen molar-refractivity contribution in [2.75, 3.05) is 36.8 Å². The fourth-order valence-corrected chi connectivity index (χ4v) is 3.47. The average molecular weight is 334 g/mol. The van der Waals surface area contributed by atoms with Crippen molar-refractivity contribution in [1.82, 2.24) is 9.88 Å². The van der Waals surface area contributed by atoms with E-state index >= 15 is 0 Å². The molecule has 7 heteroatoms. The SMILES string of the molecule is CC(=O)c1ccc(N2CCN(Cc3cnc(N)s3)CC2)c(F)c1. The lowest BCUT2D eigenvalue weighted by atomic mass is 10.1. The Balaban J connectivity index is 1.61. The molecule has 1 aromatic carbocycles. The molecule has 1 aromatic heterocycles. The van der Waals surface area contributed by atoms with Crippen molar-refractivity contribution in [3.8, 4) is 0 Å². The summed E-state index contributed by atoms with van der Waals surface area (Å²) in [7, 11) is 0. The highest BCUT2D eigenvalue weighted by atomic mass is 32.1. The molecule has 2 N–H and O–H groups in total. The number of carbonyl (C=O) groups is 1. The van der Waals surface area contributed by atoms with E-state index in [1.807, 2.05) is 11.1 Å². The van der Waals surface area contributed by atoms with Gasteiger partial charge in [-0.15, -0.1) is 11.3 Å². The third kappa shape index (κ3) is 3.68. The topological polar surface area (TPSA) is 62.5 Å². The van der Waals surface area contributed by atoms with Gasteiger partial charge in [-0.3, -0.25) is 9.69 Å². The predicted molar refractivity (Wildman–Crippen MR) is 90.4 cm³/mol. The van der Waals surface area contributed by atoms with Gasteiger partial charge < -0.3 is 10.6 Å². The monoisotopic (exact) mass is 334 g/mol. The molecule has 2 aromatic rings. The Hall–Kier alpha value is -1.99. The van der Waals surface area contributed by atoms with Crippen molar-refractivity contribution in [1.29, 1.82) is 0 Å². The van der Waals surface area contributed by atoms with Crippen molar-refractivity contribution in [2.45, 2.75) is 13.5 Å². The van der Waals surface area contributed by atoms with Crippen molar-refractivity contribution >= 4 is 27.9 Å². The Labute approximate surface area is 138 Å². The van der Waals surface area contributed by atoms with Gasteiger partial charge in [-0.05, 0) is 25.1 Å². The Kier molecular flexibility index (Phi) is 4.58. The predicted octanol–water partition coefficient (Wildman–Crippen LogP) is 2.39. The number of halogens is 1. The molecule has 0 saturated carbocycles. The molecule has 3 rings (SSSR count). The number of thiazole rings is 1. The summed E-state index contributed by atoms with van der Waals surface area (Å²) >= 11 is 1.50. The summed E-state index contributed by atoms with van der Waals surface area (Å²) in [5, 5.41) is 0.589. The Morgan fingerprint density at radius 2 is 2.09 bits per heavy atom. The summed E-state index contributed by atoms with van der Waals surface area (Å²) in [6.45, 7) is 5.49. The molecule has 1 saturated heterocycles. The standard InChI is InChI=1S/C16H19FN4OS/c1-11(22)12-2-3-15(14(17)8-12)21-6-4-20(5-7-21)10-13-9-19-16(18)23-13/h2-3,8-9H,4-7,10H2,1H3,(H2,18,19). The van der Waals surface area contributed by atoms with E-state index in [0.29, 0.717) is 16.4 Å². The second-order valence-corrected chi connectivity index (χ2v) is 6.80. The number of rotatable bonds is 4. The van der Waals surface area contributed by atoms with Crippen LogP contribution in [-0.2, 0) is 6.54 Å². The van der Waals surface area contributed by atoms with Gasteiger partial charge in [0, 0.05) is 49.4 Å². The summed E-state index contributed by atoms with van der Waals surface area (Å²) in [5.74, 6) is -0.453. The molecule has 0 radical (unpaired) electrons. The number of piperazine rings is 1. The molecule has 2 heterocycles. The second kappa shape index (κ2) is 6.64. The zero-order valence-corrected chi connectivity index (χ0v) is 13.8. The third-order valence-electron chi connectivity index (χ3n) is 4.02. The number of carbonyl (C=O) groups excluding carboxylic acids is 1. The zero-order chi connectivity index (χ0) is 16.4. The van der Waals surface area contributed by atoms with Gasteiger partial charge in [0.25, 0.3) is 0 Å². The Morgan fingerprint density at radius 3 is 2.65 bits per heavy atom. The van der Waals surface area contributed by atoms with Crippen LogP contribution >= 0.6 is 11.3 Å². The van der Waals surface area contributed by atoms with Crippen molar-refractivity contribution in [3.63, 3.8) is 0 Å². The number of nitrogens with zero attached hydrogens (tertiary/aromatic N) is 3. The minimum Gasteiger partial charge on any atom is -0.375 e. The van der Waals surface area contributed by atoms with E-state index in [2.05, 4.69) is 9.88 Å². The minimum absolute atomic E-state index is 0.121. The fraction of sp³-hybridized carbons (Fsp3) is 0.375. The van der Waals surface area contributed by atoms with E-state index in [1.54, 1.807) is 12.1 Å². The molecule has 1 fully saturated rings. The number of nitrogens with two attached hydrogens (primary N) is 1. The number of nitrogen functional groups attached to an aromatic ring is 1. The van der Waals surface area contributed by atoms with Crippen LogP contribution in [0.2, 0.25) is 0 Å². The lowest BCUT2D eigenvalue weighted by molar-refractivity contribution is 0.101. The summed E-state index contributed by atoms with van der Waals surface area (Å²) in [6, 6.07) is 4.71. The molecule has 1 aliphatic heterocycles. The fourth-order valence-electron chi connectivity index (χ4n) is 2.75. The van der Waals surface area contributed by atoms with Gasteiger partial charge >= 0.3 is 0 Å². The summed E-state index contributed by atoms with van der Waals surface area (Å²) in [6.07, 6.45) is 1.81. The number of benzene rings is 1. The van der Waals surface area contributed by atoms with Crippen LogP contribution in [0.25, 0.3) is 0 Å². The van der Waals surface area contributed by atoms with Crippen LogP contribution in [0.3, 0.4) is 0 Å². The molecule has 1 aliphatic rings. The Bertz CT molecular complexity index is 710. The molecule has 0 spiro atoms. The normalized spacial score (nSPS) is 15.8. The van der Waals surface area contributed by atoms with E-state index in [-0.39, 0.29) is 11.6 Å². The van der Waals surface area contributed by atoms with Gasteiger partial charge in [0.05, 0.1) is 5.69 Å². The number of hydrogen-bond acceptors (Lipinski definition) is 6. The summed E-state index contributed by atoms with van der Waals surface area (Å²) in [4.78, 5) is 20.8. The maximum atomic E-state index is 14.2. The van der Waals surface area contributed by atoms with E-state index in [0.717, 1.165) is 37.6 Å². The molecule has 23 heavy (non-hydrogen) atoms. The van der Waals surface area contributed by atoms with Gasteiger partial charge in [0.1, 0.15) is 5.82 Å². The molecule has 0 amide bonds. The largest absolute Gasteiger partial charge is 0.375 e. The number of ketones is 1. The molecule has 0 unspecified atom stereocenters. The molecular weight excluding hydrogens is 315 g/mol. The van der Waals surface area contributed by atoms with Gasteiger partial charge in [0.2, 0.25) is 0 Å². The average Bonchev–Trinajstić information content (AvgIpc) is 2.93. The maximum absolute atomic E-state index is 14.2. The van der Waals surface area contributed by atoms with Gasteiger partial charge in [-0.25, -0.2) is 9.37 Å². The summed E-state index contributed by atoms with van der Waals surface area (Å²) < 4.78 is 14.2. The van der Waals surface area contributed by atoms with Gasteiger partial charge in [0.15, 0.2) is 10.9 Å². The first kappa shape index (κ1) is 15.9. The molecule has 5 nitrogen and oxygen atoms in total. The van der Waals surface area contributed by atoms with Gasteiger partial charge in [-0.1, -0.05) is 0 Å². The second-order valence-electron chi connectivity index (χ2n) is 5.65. The molecule has 122 valence electrons. The van der Waals surface area contributed by atoms with Crippen LogP contribution in [0.15, 0.2) is 24.4 Å². The maximum Gasteiger partial charge on any atom is 0.180 e. The van der Waals surface area contributed by atoms with Crippen LogP contribution in [0.1, 0.15) is 22.2 Å². The lowest BCUT2D eigenvalue weighted by Gasteiger charge is -2.36. The van der Waals surface area contributed by atoms with E-state index in [1.165, 1.54) is 24.3 Å². The van der Waals surface area contributed by atoms with Crippen LogP contribution in [0.4, 0.5) is 15.2 Å². The number of anilines is 2. The molecular formula is C16H19FN4OS. The summed E-state index contributed by atoms with van der Waals surface area (Å²) in [5.41, 5.74) is 6.62. The van der Waals surface area contributed by atoms with Crippen LogP contribution < -0.4 is 10.6 Å². The first-order valence-corrected chi connectivity index (χ1v) is 8.32. The smallest absolute Gasteiger partial charge is 0.180 e. The van der Waals surface area contributed by atoms with Crippen molar-refractivity contribution < 1.29 is 9.18 Å². The number of hydrogen-bond donors (Lipinski definition) is 1. The first-order chi connectivity index (χ1) is 11.0. The van der Waals surface area contributed by atoms with Crippen LogP contribution in [0, 0.1) is 5.82 Å². The van der Waals surface area contributed by atoms with Gasteiger partial charge in [-0.2, -0.15) is 0 Å². The molecule has 0 aliphatic carbocycles. The van der Waals surface area contributed by atoms with Crippen molar-refractivity contribution in [2.24, 2.45) is 0 Å². The minimum atomic E-state index is -0.332. The highest BCUT2D eigenvalue weighted by molar-refractivity contribution is 7.15. The highest BCUT2D eigenvalue weighted by Gasteiger charge is 2.20. The molecule has 0 atom stereocenters. The Morgan fingerprint density at radius 1 is 1.35 bits per heavy atom. The number of Topliss-reactive ketones (excluding diaryl/α,β-unsaturated/α-hetero) is 1. The molecule has 0 bridgehead atoms. The van der Waals surface area contributed by atoms with Crippen LogP contribution in [0.5, 0.6) is 0 Å². The highest BCUT2D eigenvalue weighted by Crippen LogP contribution is 2.23. The third-order valence-corrected chi connectivity index (χ3v) is 4.83. The lowest BCUT2D eigenvalue weighted by Crippen LogP contribution is -2.46. The quantitative estimate of drug-likeness (QED) is 0.870. The van der Waals surface area contributed by atoms with Crippen LogP contribution in [-0.4, -0.2) is 41.8 Å². The first-order valence-electron chi connectivity index (χ1n) is 7.51. The van der Waals surface area contributed by atoms with E-state index in [4.69, 9.17) is 5.73 Å². The van der Waals surface area contributed by atoms with Crippen molar-refractivity contribution in [3.05, 3.63) is 40.7 Å². The zero-order valence-electron chi connectivity index (χ0n) is 13.0. The number of aromatic nitrogens is 1.